The third-order valence-corrected chi connectivity index (χ3v) is 4.12. The number of nitrogens with one attached hydrogen (secondary N) is 2. The fourth-order valence-electron chi connectivity index (χ4n) is 2.82. The smallest absolute Gasteiger partial charge is 0.262 e. The molecule has 2 aromatic heterocycles. The number of hydrogen-bond donors (Lipinski definition) is 3. The van der Waals surface area contributed by atoms with Crippen molar-refractivity contribution in [3.05, 3.63) is 30.6 Å². The first-order chi connectivity index (χ1) is 12.3. The van der Waals surface area contributed by atoms with Crippen LogP contribution in [0.25, 0.3) is 11.4 Å². The predicted octanol–water partition coefficient (Wildman–Crippen LogP) is 1.84. The highest BCUT2D eigenvalue weighted by Crippen LogP contribution is 2.24. The molecule has 1 amide bonds. The molecule has 25 heavy (non-hydrogen) atoms. The Kier molecular flexibility index (Phi) is 5.73. The van der Waals surface area contributed by atoms with Crippen LogP contribution in [0, 0.1) is 0 Å². The zero-order valence-corrected chi connectivity index (χ0v) is 14.0. The van der Waals surface area contributed by atoms with Gasteiger partial charge < -0.3 is 10.2 Å². The number of anilines is 2. The quantitative estimate of drug-likeness (QED) is 0.562. The summed E-state index contributed by atoms with van der Waals surface area (Å²) < 4.78 is 0. The number of hydroxylamine groups is 1. The summed E-state index contributed by atoms with van der Waals surface area (Å²) in [6, 6.07) is 5.58. The molecule has 0 aliphatic carbocycles. The van der Waals surface area contributed by atoms with Crippen molar-refractivity contribution in [1.82, 2.24) is 20.4 Å². The summed E-state index contributed by atoms with van der Waals surface area (Å²) in [4.78, 5) is 26.8. The molecular formula is C17H22N6O2. The summed E-state index contributed by atoms with van der Waals surface area (Å²) in [6.45, 7) is 1.85. The molecule has 0 spiro atoms. The molecule has 8 heteroatoms. The maximum atomic E-state index is 11.3. The Balaban J connectivity index is 1.91. The van der Waals surface area contributed by atoms with Gasteiger partial charge in [-0.3, -0.25) is 15.0 Å². The molecule has 0 aromatic carbocycles. The van der Waals surface area contributed by atoms with Gasteiger partial charge in [0.15, 0.2) is 5.82 Å². The maximum absolute atomic E-state index is 11.3. The third-order valence-electron chi connectivity index (χ3n) is 4.12. The standard InChI is InChI=1S/C17H22N6O2/c24-16(22-25)12-19-14-10-15(23-8-3-1-2-4-9-23)21-17(20-14)13-6-5-7-18-11-13/h5-7,10-11,25H,1-4,8-9,12H2,(H,22,24)(H,19,20,21). The van der Waals surface area contributed by atoms with Gasteiger partial charge in [-0.2, -0.15) is 0 Å². The number of carbonyl (C=O) groups is 1. The van der Waals surface area contributed by atoms with Crippen molar-refractivity contribution in [2.24, 2.45) is 0 Å². The van der Waals surface area contributed by atoms with Crippen molar-refractivity contribution in [2.45, 2.75) is 25.7 Å². The largest absolute Gasteiger partial charge is 0.361 e. The molecule has 1 aliphatic heterocycles. The van der Waals surface area contributed by atoms with Gasteiger partial charge in [0.1, 0.15) is 11.6 Å². The summed E-state index contributed by atoms with van der Waals surface area (Å²) in [5.74, 6) is 1.40. The van der Waals surface area contributed by atoms with Crippen LogP contribution in [-0.4, -0.2) is 45.7 Å². The van der Waals surface area contributed by atoms with Crippen molar-refractivity contribution < 1.29 is 10.0 Å². The SMILES string of the molecule is O=C(CNc1cc(N2CCCCCC2)nc(-c2cccnc2)n1)NO. The van der Waals surface area contributed by atoms with Gasteiger partial charge in [-0.15, -0.1) is 0 Å². The monoisotopic (exact) mass is 342 g/mol. The molecule has 132 valence electrons. The highest BCUT2D eigenvalue weighted by molar-refractivity contribution is 5.79. The third kappa shape index (κ3) is 4.63. The fourth-order valence-corrected chi connectivity index (χ4v) is 2.82. The Labute approximate surface area is 146 Å². The lowest BCUT2D eigenvalue weighted by Crippen LogP contribution is -2.28. The van der Waals surface area contributed by atoms with Gasteiger partial charge in [-0.25, -0.2) is 15.4 Å². The lowest BCUT2D eigenvalue weighted by molar-refractivity contribution is -0.127. The highest BCUT2D eigenvalue weighted by Gasteiger charge is 2.15. The van der Waals surface area contributed by atoms with Crippen molar-refractivity contribution in [3.63, 3.8) is 0 Å². The van der Waals surface area contributed by atoms with E-state index in [-0.39, 0.29) is 6.54 Å². The summed E-state index contributed by atoms with van der Waals surface area (Å²) in [6.07, 6.45) is 8.17. The van der Waals surface area contributed by atoms with Crippen molar-refractivity contribution in [3.8, 4) is 11.4 Å². The van der Waals surface area contributed by atoms with E-state index in [0.717, 1.165) is 37.3 Å². The van der Waals surface area contributed by atoms with E-state index in [1.165, 1.54) is 12.8 Å². The van der Waals surface area contributed by atoms with Gasteiger partial charge in [-0.05, 0) is 25.0 Å². The predicted molar refractivity (Wildman–Crippen MR) is 94.4 cm³/mol. The number of nitrogens with zero attached hydrogens (tertiary/aromatic N) is 4. The van der Waals surface area contributed by atoms with Crippen LogP contribution in [0.1, 0.15) is 25.7 Å². The number of pyridine rings is 1. The Hall–Kier alpha value is -2.74. The van der Waals surface area contributed by atoms with Crippen molar-refractivity contribution in [2.75, 3.05) is 29.9 Å². The van der Waals surface area contributed by atoms with Gasteiger partial charge in [0.2, 0.25) is 0 Å². The van der Waals surface area contributed by atoms with Crippen LogP contribution in [-0.2, 0) is 4.79 Å². The van der Waals surface area contributed by atoms with E-state index >= 15 is 0 Å². The molecule has 2 aromatic rings. The number of aromatic nitrogens is 3. The number of amides is 1. The van der Waals surface area contributed by atoms with E-state index < -0.39 is 5.91 Å². The van der Waals surface area contributed by atoms with E-state index in [0.29, 0.717) is 11.6 Å². The van der Waals surface area contributed by atoms with Gasteiger partial charge in [-0.1, -0.05) is 12.8 Å². The maximum Gasteiger partial charge on any atom is 0.262 e. The first-order valence-corrected chi connectivity index (χ1v) is 8.47. The highest BCUT2D eigenvalue weighted by atomic mass is 16.5. The zero-order chi connectivity index (χ0) is 17.5. The van der Waals surface area contributed by atoms with Gasteiger partial charge in [0.05, 0.1) is 6.54 Å². The Bertz CT molecular complexity index is 702. The Morgan fingerprint density at radius 1 is 1.20 bits per heavy atom. The molecule has 1 aliphatic rings. The van der Waals surface area contributed by atoms with Crippen LogP contribution in [0.3, 0.4) is 0 Å². The molecule has 1 saturated heterocycles. The first kappa shape index (κ1) is 17.1. The van der Waals surface area contributed by atoms with Crippen LogP contribution >= 0.6 is 0 Å². The topological polar surface area (TPSA) is 103 Å². The van der Waals surface area contributed by atoms with E-state index in [4.69, 9.17) is 10.2 Å². The van der Waals surface area contributed by atoms with E-state index in [2.05, 4.69) is 20.2 Å². The van der Waals surface area contributed by atoms with Crippen LogP contribution in [0.4, 0.5) is 11.6 Å². The molecule has 3 rings (SSSR count). The number of carbonyl (C=O) groups excluding carboxylic acids is 1. The lowest BCUT2D eigenvalue weighted by Gasteiger charge is -2.22. The fraction of sp³-hybridized carbons (Fsp3) is 0.412. The normalized spacial score (nSPS) is 14.7. The summed E-state index contributed by atoms with van der Waals surface area (Å²) in [5, 5.41) is 11.6. The molecule has 0 bridgehead atoms. The van der Waals surface area contributed by atoms with Gasteiger partial charge in [0.25, 0.3) is 5.91 Å². The molecule has 8 nitrogen and oxygen atoms in total. The van der Waals surface area contributed by atoms with Crippen molar-refractivity contribution in [1.29, 1.82) is 0 Å². The molecule has 3 heterocycles. The van der Waals surface area contributed by atoms with E-state index in [1.54, 1.807) is 17.9 Å². The second-order valence-corrected chi connectivity index (χ2v) is 5.97. The van der Waals surface area contributed by atoms with Crippen molar-refractivity contribution >= 4 is 17.5 Å². The Morgan fingerprint density at radius 2 is 2.00 bits per heavy atom. The average molecular weight is 342 g/mol. The summed E-state index contributed by atoms with van der Waals surface area (Å²) in [5.41, 5.74) is 2.42. The average Bonchev–Trinajstić information content (AvgIpc) is 2.96. The molecule has 3 N–H and O–H groups in total. The van der Waals surface area contributed by atoms with Crippen LogP contribution < -0.4 is 15.7 Å². The molecule has 0 unspecified atom stereocenters. The summed E-state index contributed by atoms with van der Waals surface area (Å²) in [7, 11) is 0. The molecular weight excluding hydrogens is 320 g/mol. The second kappa shape index (κ2) is 8.39. The summed E-state index contributed by atoms with van der Waals surface area (Å²) >= 11 is 0. The lowest BCUT2D eigenvalue weighted by atomic mass is 10.2. The van der Waals surface area contributed by atoms with Crippen LogP contribution in [0.2, 0.25) is 0 Å². The molecule has 1 fully saturated rings. The van der Waals surface area contributed by atoms with E-state index in [1.807, 2.05) is 18.2 Å². The van der Waals surface area contributed by atoms with Gasteiger partial charge in [0, 0.05) is 37.1 Å². The minimum absolute atomic E-state index is 0.0700. The van der Waals surface area contributed by atoms with Gasteiger partial charge >= 0.3 is 0 Å². The molecule has 0 radical (unpaired) electrons. The Morgan fingerprint density at radius 3 is 2.68 bits per heavy atom. The number of hydrogen-bond acceptors (Lipinski definition) is 7. The minimum Gasteiger partial charge on any atom is -0.361 e. The second-order valence-electron chi connectivity index (χ2n) is 5.97. The molecule has 0 saturated carbocycles. The zero-order valence-electron chi connectivity index (χ0n) is 14.0. The van der Waals surface area contributed by atoms with E-state index in [9.17, 15) is 4.79 Å². The minimum atomic E-state index is -0.530. The van der Waals surface area contributed by atoms with Crippen LogP contribution in [0.15, 0.2) is 30.6 Å². The first-order valence-electron chi connectivity index (χ1n) is 8.47. The van der Waals surface area contributed by atoms with Crippen LogP contribution in [0.5, 0.6) is 0 Å². The number of rotatable bonds is 5. The molecule has 0 atom stereocenters.